The summed E-state index contributed by atoms with van der Waals surface area (Å²) in [6.45, 7) is 0. The summed E-state index contributed by atoms with van der Waals surface area (Å²) in [7, 11) is 1.39. The molecule has 0 fully saturated rings. The van der Waals surface area contributed by atoms with E-state index in [1.54, 1.807) is 30.3 Å². The Morgan fingerprint density at radius 1 is 1.00 bits per heavy atom. The van der Waals surface area contributed by atoms with E-state index < -0.39 is 5.97 Å². The molecule has 4 aromatic rings. The SMILES string of the molecule is COc1ccc(/C=C2\C(=O)Nc3cc(Cl)c(-c4ccc(-c5ccccc5O)cc4)nc32)cc1C(=O)O. The van der Waals surface area contributed by atoms with Crippen LogP contribution >= 0.6 is 11.6 Å². The van der Waals surface area contributed by atoms with Crippen LogP contribution in [0.5, 0.6) is 11.5 Å². The number of rotatable bonds is 5. The molecule has 0 spiro atoms. The molecule has 0 radical (unpaired) electrons. The number of nitrogens with one attached hydrogen (secondary N) is 1. The van der Waals surface area contributed by atoms with Crippen molar-refractivity contribution in [1.29, 1.82) is 0 Å². The van der Waals surface area contributed by atoms with Crippen LogP contribution in [0.15, 0.2) is 72.8 Å². The molecule has 8 heteroatoms. The van der Waals surface area contributed by atoms with E-state index in [1.165, 1.54) is 19.2 Å². The molecule has 178 valence electrons. The lowest BCUT2D eigenvalue weighted by atomic mass is 10.0. The molecule has 0 aliphatic carbocycles. The van der Waals surface area contributed by atoms with Gasteiger partial charge in [-0.25, -0.2) is 9.78 Å². The van der Waals surface area contributed by atoms with Crippen molar-refractivity contribution in [3.8, 4) is 33.9 Å². The molecule has 5 rings (SSSR count). The third-order valence-electron chi connectivity index (χ3n) is 5.86. The number of halogens is 1. The molecular weight excluding hydrogens is 480 g/mol. The van der Waals surface area contributed by atoms with Crippen molar-refractivity contribution in [2.24, 2.45) is 0 Å². The highest BCUT2D eigenvalue weighted by Crippen LogP contribution is 2.39. The zero-order chi connectivity index (χ0) is 25.4. The number of para-hydroxylation sites is 1. The van der Waals surface area contributed by atoms with Gasteiger partial charge in [-0.1, -0.05) is 60.1 Å². The maximum absolute atomic E-state index is 12.7. The van der Waals surface area contributed by atoms with E-state index in [-0.39, 0.29) is 28.5 Å². The van der Waals surface area contributed by atoms with Crippen LogP contribution < -0.4 is 10.1 Å². The molecule has 1 aliphatic rings. The number of hydrogen-bond donors (Lipinski definition) is 3. The molecule has 0 saturated heterocycles. The van der Waals surface area contributed by atoms with Crippen molar-refractivity contribution < 1.29 is 24.5 Å². The van der Waals surface area contributed by atoms with Gasteiger partial charge in [0.25, 0.3) is 5.91 Å². The van der Waals surface area contributed by atoms with Gasteiger partial charge in [0.15, 0.2) is 0 Å². The van der Waals surface area contributed by atoms with E-state index >= 15 is 0 Å². The number of carbonyl (C=O) groups is 2. The fourth-order valence-corrected chi connectivity index (χ4v) is 4.36. The lowest BCUT2D eigenvalue weighted by Gasteiger charge is -2.09. The second-order valence-corrected chi connectivity index (χ2v) is 8.49. The van der Waals surface area contributed by atoms with E-state index in [1.807, 2.05) is 36.4 Å². The number of carbonyl (C=O) groups excluding carboxylic acids is 1. The summed E-state index contributed by atoms with van der Waals surface area (Å²) >= 11 is 6.52. The highest BCUT2D eigenvalue weighted by Gasteiger charge is 2.28. The minimum Gasteiger partial charge on any atom is -0.507 e. The summed E-state index contributed by atoms with van der Waals surface area (Å²) in [4.78, 5) is 29.0. The average Bonchev–Trinajstić information content (AvgIpc) is 3.17. The maximum atomic E-state index is 12.7. The first kappa shape index (κ1) is 23.1. The first-order valence-corrected chi connectivity index (χ1v) is 11.3. The Hall–Kier alpha value is -4.62. The summed E-state index contributed by atoms with van der Waals surface area (Å²) < 4.78 is 5.11. The second kappa shape index (κ2) is 9.20. The second-order valence-electron chi connectivity index (χ2n) is 8.09. The number of hydrogen-bond acceptors (Lipinski definition) is 5. The van der Waals surface area contributed by atoms with E-state index in [9.17, 15) is 19.8 Å². The van der Waals surface area contributed by atoms with Crippen LogP contribution in [0.25, 0.3) is 34.0 Å². The number of fused-ring (bicyclic) bond motifs is 1. The van der Waals surface area contributed by atoms with Gasteiger partial charge in [0, 0.05) is 11.1 Å². The number of carboxylic acid groups (broad SMARTS) is 1. The number of phenols is 1. The molecule has 1 aliphatic heterocycles. The number of carboxylic acids is 1. The first-order chi connectivity index (χ1) is 17.4. The highest BCUT2D eigenvalue weighted by molar-refractivity contribution is 6.37. The number of benzene rings is 3. The van der Waals surface area contributed by atoms with Crippen molar-refractivity contribution in [2.75, 3.05) is 12.4 Å². The van der Waals surface area contributed by atoms with E-state index in [2.05, 4.69) is 10.3 Å². The minimum atomic E-state index is -1.14. The Morgan fingerprint density at radius 3 is 2.42 bits per heavy atom. The largest absolute Gasteiger partial charge is 0.507 e. The fraction of sp³-hybridized carbons (Fsp3) is 0.0357. The minimum absolute atomic E-state index is 0.0141. The number of aromatic carboxylic acids is 1. The summed E-state index contributed by atoms with van der Waals surface area (Å²) in [6, 6.07) is 20.8. The molecule has 3 aromatic carbocycles. The van der Waals surface area contributed by atoms with Gasteiger partial charge < -0.3 is 20.3 Å². The monoisotopic (exact) mass is 498 g/mol. The predicted octanol–water partition coefficient (Wildman–Crippen LogP) is 5.97. The van der Waals surface area contributed by atoms with Crippen LogP contribution in [0.2, 0.25) is 5.02 Å². The van der Waals surface area contributed by atoms with Gasteiger partial charge in [-0.3, -0.25) is 4.79 Å². The Kier molecular flexibility index (Phi) is 5.91. The van der Waals surface area contributed by atoms with Gasteiger partial charge in [-0.15, -0.1) is 0 Å². The van der Waals surface area contributed by atoms with E-state index in [0.717, 1.165) is 11.1 Å². The number of aromatic nitrogens is 1. The number of aromatic hydroxyl groups is 1. The lowest BCUT2D eigenvalue weighted by molar-refractivity contribution is -0.110. The van der Waals surface area contributed by atoms with E-state index in [4.69, 9.17) is 16.3 Å². The fourth-order valence-electron chi connectivity index (χ4n) is 4.10. The van der Waals surface area contributed by atoms with Crippen LogP contribution in [0.3, 0.4) is 0 Å². The molecule has 3 N–H and O–H groups in total. The maximum Gasteiger partial charge on any atom is 0.339 e. The van der Waals surface area contributed by atoms with Crippen LogP contribution in [0.1, 0.15) is 21.6 Å². The van der Waals surface area contributed by atoms with E-state index in [0.29, 0.717) is 33.2 Å². The van der Waals surface area contributed by atoms with Gasteiger partial charge in [-0.05, 0) is 41.5 Å². The number of methoxy groups -OCH3 is 1. The quantitative estimate of drug-likeness (QED) is 0.292. The number of ether oxygens (including phenoxy) is 1. The molecule has 0 unspecified atom stereocenters. The summed E-state index contributed by atoms with van der Waals surface area (Å²) in [5.41, 5.74) is 4.43. The molecule has 2 heterocycles. The molecule has 1 amide bonds. The van der Waals surface area contributed by atoms with Crippen LogP contribution in [0, 0.1) is 0 Å². The topological polar surface area (TPSA) is 109 Å². The van der Waals surface area contributed by atoms with Crippen molar-refractivity contribution >= 4 is 40.8 Å². The standard InChI is InChI=1S/C28H19ClN2O5/c1-36-24-11-6-15(12-19(24)28(34)35)13-20-26-22(30-27(20)33)14-21(29)25(31-26)17-9-7-16(8-10-17)18-4-2-3-5-23(18)32/h2-14,32H,1H3,(H,30,33)(H,34,35)/b20-13-. The smallest absolute Gasteiger partial charge is 0.339 e. The van der Waals surface area contributed by atoms with Crippen molar-refractivity contribution in [3.63, 3.8) is 0 Å². The Balaban J connectivity index is 1.55. The Bertz CT molecular complexity index is 1560. The Morgan fingerprint density at radius 2 is 1.72 bits per heavy atom. The number of nitrogens with zero attached hydrogens (tertiary/aromatic N) is 1. The molecule has 36 heavy (non-hydrogen) atoms. The van der Waals surface area contributed by atoms with Crippen molar-refractivity contribution in [2.45, 2.75) is 0 Å². The summed E-state index contributed by atoms with van der Waals surface area (Å²) in [5.74, 6) is -1.10. The third-order valence-corrected chi connectivity index (χ3v) is 6.15. The highest BCUT2D eigenvalue weighted by atomic mass is 35.5. The van der Waals surface area contributed by atoms with Gasteiger partial charge in [0.05, 0.1) is 29.1 Å². The van der Waals surface area contributed by atoms with Crippen LogP contribution in [-0.4, -0.2) is 34.2 Å². The number of amides is 1. The molecule has 1 aromatic heterocycles. The molecule has 0 bridgehead atoms. The number of anilines is 1. The van der Waals surface area contributed by atoms with Crippen LogP contribution in [0.4, 0.5) is 5.69 Å². The zero-order valence-electron chi connectivity index (χ0n) is 18.9. The molecule has 0 saturated carbocycles. The summed E-state index contributed by atoms with van der Waals surface area (Å²) in [6.07, 6.45) is 1.58. The predicted molar refractivity (Wildman–Crippen MR) is 138 cm³/mol. The van der Waals surface area contributed by atoms with Crippen molar-refractivity contribution in [3.05, 3.63) is 94.6 Å². The first-order valence-electron chi connectivity index (χ1n) is 10.9. The normalized spacial score (nSPS) is 13.4. The van der Waals surface area contributed by atoms with Crippen LogP contribution in [-0.2, 0) is 4.79 Å². The molecule has 7 nitrogen and oxygen atoms in total. The molecular formula is C28H19ClN2O5. The number of phenolic OH excluding ortho intramolecular Hbond substituents is 1. The summed E-state index contributed by atoms with van der Waals surface area (Å²) in [5, 5.41) is 22.7. The van der Waals surface area contributed by atoms with Gasteiger partial charge in [0.2, 0.25) is 0 Å². The average molecular weight is 499 g/mol. The zero-order valence-corrected chi connectivity index (χ0v) is 19.7. The molecule has 0 atom stereocenters. The third kappa shape index (κ3) is 4.16. The van der Waals surface area contributed by atoms with Crippen molar-refractivity contribution in [1.82, 2.24) is 4.98 Å². The number of pyridine rings is 1. The lowest BCUT2D eigenvalue weighted by Crippen LogP contribution is -2.04. The van der Waals surface area contributed by atoms with Gasteiger partial charge in [-0.2, -0.15) is 0 Å². The van der Waals surface area contributed by atoms with Gasteiger partial charge >= 0.3 is 5.97 Å². The Labute approximate surface area is 211 Å². The van der Waals surface area contributed by atoms with Gasteiger partial charge in [0.1, 0.15) is 22.8 Å².